The van der Waals surface area contributed by atoms with Crippen LogP contribution in [0.1, 0.15) is 73.8 Å². The van der Waals surface area contributed by atoms with E-state index in [9.17, 15) is 9.59 Å². The third kappa shape index (κ3) is 3.96. The van der Waals surface area contributed by atoms with Gasteiger partial charge in [0.1, 0.15) is 0 Å². The topological polar surface area (TPSA) is 92.2 Å². The van der Waals surface area contributed by atoms with Gasteiger partial charge in [0, 0.05) is 12.1 Å². The van der Waals surface area contributed by atoms with Crippen molar-refractivity contribution in [2.24, 2.45) is 17.3 Å². The number of hydrogen-bond donors (Lipinski definition) is 2. The van der Waals surface area contributed by atoms with Gasteiger partial charge in [-0.1, -0.05) is 19.1 Å². The fourth-order valence-electron chi connectivity index (χ4n) is 6.74. The van der Waals surface area contributed by atoms with Crippen molar-refractivity contribution in [3.63, 3.8) is 0 Å². The molecule has 6 heteroatoms. The lowest BCUT2D eigenvalue weighted by Crippen LogP contribution is -2.40. The van der Waals surface area contributed by atoms with E-state index >= 15 is 0 Å². The van der Waals surface area contributed by atoms with E-state index in [0.29, 0.717) is 17.8 Å². The number of benzene rings is 1. The largest absolute Gasteiger partial charge is 0.481 e. The monoisotopic (exact) mass is 445 g/mol. The van der Waals surface area contributed by atoms with Crippen molar-refractivity contribution in [2.45, 2.75) is 64.7 Å². The number of fused-ring (bicyclic) bond motifs is 5. The van der Waals surface area contributed by atoms with Crippen LogP contribution in [0, 0.1) is 24.2 Å². The van der Waals surface area contributed by atoms with Crippen molar-refractivity contribution >= 4 is 23.1 Å². The molecule has 4 atom stereocenters. The molecule has 1 aromatic carbocycles. The summed E-state index contributed by atoms with van der Waals surface area (Å²) in [4.78, 5) is 22.8. The molecule has 1 amide bonds. The van der Waals surface area contributed by atoms with E-state index in [1.165, 1.54) is 41.5 Å². The van der Waals surface area contributed by atoms with E-state index in [4.69, 9.17) is 5.11 Å². The lowest BCUT2D eigenvalue weighted by molar-refractivity contribution is -0.138. The maximum Gasteiger partial charge on any atom is 0.303 e. The van der Waals surface area contributed by atoms with Crippen molar-refractivity contribution in [3.05, 3.63) is 58.9 Å². The van der Waals surface area contributed by atoms with Crippen LogP contribution < -0.4 is 5.32 Å². The number of carboxylic acids is 1. The summed E-state index contributed by atoms with van der Waals surface area (Å²) >= 11 is 0. The number of allylic oxidation sites excluding steroid dienone is 2. The Bertz CT molecular complexity index is 1140. The maximum absolute atomic E-state index is 12.1. The molecule has 3 aliphatic rings. The number of carbonyl (C=O) groups excluding carboxylic acids is 1. The summed E-state index contributed by atoms with van der Waals surface area (Å²) in [7, 11) is 0. The molecule has 3 aliphatic carbocycles. The number of nitrogens with zero attached hydrogens (tertiary/aromatic N) is 2. The Morgan fingerprint density at radius 2 is 2.06 bits per heavy atom. The normalized spacial score (nSPS) is 27.7. The fraction of sp³-hybridized carbons (Fsp3) is 0.481. The average Bonchev–Trinajstić information content (AvgIpc) is 3.14. The molecule has 0 spiro atoms. The molecule has 1 saturated carbocycles. The molecule has 1 unspecified atom stereocenters. The molecule has 2 aromatic rings. The van der Waals surface area contributed by atoms with Crippen LogP contribution in [0.4, 0.5) is 5.69 Å². The van der Waals surface area contributed by atoms with Crippen LogP contribution in [0.25, 0.3) is 5.57 Å². The van der Waals surface area contributed by atoms with Crippen molar-refractivity contribution < 1.29 is 14.7 Å². The third-order valence-corrected chi connectivity index (χ3v) is 8.24. The highest BCUT2D eigenvalue weighted by Crippen LogP contribution is 2.63. The molecule has 0 bridgehead atoms. The zero-order valence-electron chi connectivity index (χ0n) is 19.3. The van der Waals surface area contributed by atoms with Gasteiger partial charge in [0.05, 0.1) is 18.3 Å². The summed E-state index contributed by atoms with van der Waals surface area (Å²) in [6, 6.07) is 8.45. The molecular formula is C27H31N3O3. The number of hydrogen-bond acceptors (Lipinski definition) is 4. The molecule has 1 aromatic heterocycles. The minimum absolute atomic E-state index is 0.000759. The Hall–Kier alpha value is -3.02. The second kappa shape index (κ2) is 8.40. The quantitative estimate of drug-likeness (QED) is 0.665. The molecular weight excluding hydrogens is 414 g/mol. The van der Waals surface area contributed by atoms with Crippen LogP contribution in [0.15, 0.2) is 36.5 Å². The molecule has 1 heterocycles. The number of rotatable bonds is 5. The Morgan fingerprint density at radius 1 is 1.21 bits per heavy atom. The highest BCUT2D eigenvalue weighted by molar-refractivity contribution is 5.92. The molecule has 33 heavy (non-hydrogen) atoms. The summed E-state index contributed by atoms with van der Waals surface area (Å²) in [5, 5.41) is 20.0. The van der Waals surface area contributed by atoms with Crippen molar-refractivity contribution in [1.82, 2.24) is 10.2 Å². The van der Waals surface area contributed by atoms with Gasteiger partial charge in [0.25, 0.3) is 0 Å². The van der Waals surface area contributed by atoms with E-state index in [1.54, 1.807) is 0 Å². The van der Waals surface area contributed by atoms with Gasteiger partial charge < -0.3 is 10.4 Å². The van der Waals surface area contributed by atoms with Crippen LogP contribution in [-0.4, -0.2) is 27.2 Å². The number of carboxylic acid groups (broad SMARTS) is 1. The minimum atomic E-state index is -0.953. The predicted octanol–water partition coefficient (Wildman–Crippen LogP) is 5.14. The van der Waals surface area contributed by atoms with Crippen molar-refractivity contribution in [2.75, 3.05) is 5.32 Å². The Labute approximate surface area is 194 Å². The minimum Gasteiger partial charge on any atom is -0.481 e. The van der Waals surface area contributed by atoms with Gasteiger partial charge in [-0.25, -0.2) is 0 Å². The highest BCUT2D eigenvalue weighted by atomic mass is 16.4. The number of aromatic nitrogens is 2. The lowest BCUT2D eigenvalue weighted by Gasteiger charge is -2.50. The van der Waals surface area contributed by atoms with Gasteiger partial charge in [-0.3, -0.25) is 9.59 Å². The van der Waals surface area contributed by atoms with Gasteiger partial charge in [-0.05, 0) is 103 Å². The van der Waals surface area contributed by atoms with Crippen LogP contribution in [0.3, 0.4) is 0 Å². The highest BCUT2D eigenvalue weighted by Gasteiger charge is 2.51. The SMILES string of the molecule is Cc1cc(C2=CC[C@H]3[C@@H]4CCc5cc(NC(=O)CCC(=O)O)ccc5C4CC[C@]23C)cnn1. The van der Waals surface area contributed by atoms with Gasteiger partial charge >= 0.3 is 5.97 Å². The average molecular weight is 446 g/mol. The van der Waals surface area contributed by atoms with Crippen molar-refractivity contribution in [3.8, 4) is 0 Å². The molecule has 0 aliphatic heterocycles. The van der Waals surface area contributed by atoms with Crippen LogP contribution in [-0.2, 0) is 16.0 Å². The summed E-state index contributed by atoms with van der Waals surface area (Å²) in [6.07, 6.45) is 9.88. The van der Waals surface area contributed by atoms with E-state index in [-0.39, 0.29) is 24.2 Å². The van der Waals surface area contributed by atoms with Gasteiger partial charge in [0.15, 0.2) is 0 Å². The fourth-order valence-corrected chi connectivity index (χ4v) is 6.74. The van der Waals surface area contributed by atoms with Gasteiger partial charge in [-0.15, -0.1) is 0 Å². The van der Waals surface area contributed by atoms with Crippen molar-refractivity contribution in [1.29, 1.82) is 0 Å². The number of anilines is 1. The summed E-state index contributed by atoms with van der Waals surface area (Å²) < 4.78 is 0. The third-order valence-electron chi connectivity index (χ3n) is 8.24. The maximum atomic E-state index is 12.1. The zero-order chi connectivity index (χ0) is 23.2. The van der Waals surface area contributed by atoms with Crippen LogP contribution >= 0.6 is 0 Å². The van der Waals surface area contributed by atoms with Crippen LogP contribution in [0.2, 0.25) is 0 Å². The number of nitrogens with one attached hydrogen (secondary N) is 1. The smallest absolute Gasteiger partial charge is 0.303 e. The summed E-state index contributed by atoms with van der Waals surface area (Å²) in [6.45, 7) is 4.46. The molecule has 5 rings (SSSR count). The zero-order valence-corrected chi connectivity index (χ0v) is 19.3. The second-order valence-electron chi connectivity index (χ2n) is 10.2. The van der Waals surface area contributed by atoms with Gasteiger partial charge in [0.2, 0.25) is 5.91 Å². The first-order valence-corrected chi connectivity index (χ1v) is 12.0. The first-order valence-electron chi connectivity index (χ1n) is 12.0. The second-order valence-corrected chi connectivity index (χ2v) is 10.2. The predicted molar refractivity (Wildman–Crippen MR) is 127 cm³/mol. The molecule has 1 fully saturated rings. The number of carbonyl (C=O) groups is 2. The number of aryl methyl sites for hydroxylation is 2. The Kier molecular flexibility index (Phi) is 5.55. The Morgan fingerprint density at radius 3 is 2.85 bits per heavy atom. The standard InChI is InChI=1S/C27H31N3O3/c1-16-13-18(15-28-30-16)23-7-8-24-22-5-3-17-14-19(29-25(31)9-10-26(32)33)4-6-20(17)21(22)11-12-27(23,24)2/h4,6-7,13-15,21-22,24H,3,5,8-12H2,1-2H3,(H,29,31)(H,32,33)/t21?,22-,24+,27-/m1/s1. The molecule has 0 radical (unpaired) electrons. The van der Waals surface area contributed by atoms with E-state index < -0.39 is 5.97 Å². The number of aliphatic carboxylic acids is 1. The first kappa shape index (κ1) is 21.8. The lowest BCUT2D eigenvalue weighted by atomic mass is 9.54. The van der Waals surface area contributed by atoms with E-state index in [1.807, 2.05) is 19.2 Å². The first-order chi connectivity index (χ1) is 15.8. The summed E-state index contributed by atoms with van der Waals surface area (Å²) in [5.74, 6) is 0.671. The molecule has 6 nitrogen and oxygen atoms in total. The van der Waals surface area contributed by atoms with E-state index in [0.717, 1.165) is 24.2 Å². The Balaban J connectivity index is 1.33. The van der Waals surface area contributed by atoms with E-state index in [2.05, 4.69) is 46.7 Å². The molecule has 172 valence electrons. The number of amides is 1. The van der Waals surface area contributed by atoms with Gasteiger partial charge in [-0.2, -0.15) is 10.2 Å². The molecule has 0 saturated heterocycles. The molecule has 2 N–H and O–H groups in total. The van der Waals surface area contributed by atoms with Crippen LogP contribution in [0.5, 0.6) is 0 Å². The summed E-state index contributed by atoms with van der Waals surface area (Å²) in [5.41, 5.74) is 7.37.